The normalized spacial score (nSPS) is 13.2. The van der Waals surface area contributed by atoms with Gasteiger partial charge in [0.15, 0.2) is 0 Å². The molecule has 1 atom stereocenters. The van der Waals surface area contributed by atoms with E-state index in [1.165, 1.54) is 32.1 Å². The van der Waals surface area contributed by atoms with Crippen molar-refractivity contribution in [2.75, 3.05) is 33.5 Å². The van der Waals surface area contributed by atoms with E-state index in [0.29, 0.717) is 12.6 Å². The molecule has 0 saturated carbocycles. The highest BCUT2D eigenvalue weighted by molar-refractivity contribution is 4.70. The first-order valence-electron chi connectivity index (χ1n) is 7.52. The molecule has 0 aromatic carbocycles. The Kier molecular flexibility index (Phi) is 13.2. The van der Waals surface area contributed by atoms with Gasteiger partial charge >= 0.3 is 0 Å². The Morgan fingerprint density at radius 1 is 1.00 bits per heavy atom. The fraction of sp³-hybridized carbons (Fsp3) is 1.00. The van der Waals surface area contributed by atoms with Crippen molar-refractivity contribution in [3.05, 3.63) is 0 Å². The van der Waals surface area contributed by atoms with Gasteiger partial charge in [-0.1, -0.05) is 33.6 Å². The lowest BCUT2D eigenvalue weighted by atomic mass is 9.98. The molecule has 0 saturated heterocycles. The molecule has 0 amide bonds. The molecule has 3 nitrogen and oxygen atoms in total. The molecule has 1 unspecified atom stereocenters. The smallest absolute Gasteiger partial charge is 0.0700 e. The van der Waals surface area contributed by atoms with Crippen molar-refractivity contribution in [1.29, 1.82) is 0 Å². The minimum atomic E-state index is 0.680. The molecule has 0 bridgehead atoms. The Morgan fingerprint density at radius 2 is 1.78 bits per heavy atom. The van der Waals surface area contributed by atoms with Crippen LogP contribution >= 0.6 is 0 Å². The monoisotopic (exact) mass is 259 g/mol. The van der Waals surface area contributed by atoms with Gasteiger partial charge in [-0.2, -0.15) is 0 Å². The van der Waals surface area contributed by atoms with Gasteiger partial charge in [-0.3, -0.25) is 0 Å². The quantitative estimate of drug-likeness (QED) is 0.515. The summed E-state index contributed by atoms with van der Waals surface area (Å²) >= 11 is 0. The van der Waals surface area contributed by atoms with Gasteiger partial charge in [0.2, 0.25) is 0 Å². The molecule has 0 aliphatic rings. The Bertz CT molecular complexity index is 163. The molecule has 3 heteroatoms. The van der Waals surface area contributed by atoms with Crippen molar-refractivity contribution >= 4 is 0 Å². The summed E-state index contributed by atoms with van der Waals surface area (Å²) in [5.74, 6) is 0.731. The summed E-state index contributed by atoms with van der Waals surface area (Å²) in [4.78, 5) is 0. The van der Waals surface area contributed by atoms with E-state index < -0.39 is 0 Å². The van der Waals surface area contributed by atoms with E-state index in [2.05, 4.69) is 26.1 Å². The van der Waals surface area contributed by atoms with E-state index >= 15 is 0 Å². The summed E-state index contributed by atoms with van der Waals surface area (Å²) in [6, 6.07) is 0.680. The maximum absolute atomic E-state index is 5.45. The number of ether oxygens (including phenoxy) is 2. The van der Waals surface area contributed by atoms with E-state index in [4.69, 9.17) is 9.47 Å². The molecular weight excluding hydrogens is 226 g/mol. The van der Waals surface area contributed by atoms with Crippen molar-refractivity contribution in [1.82, 2.24) is 5.32 Å². The number of unbranched alkanes of at least 4 members (excludes halogenated alkanes) is 2. The third kappa shape index (κ3) is 11.0. The third-order valence-corrected chi connectivity index (χ3v) is 3.20. The van der Waals surface area contributed by atoms with Crippen molar-refractivity contribution in [3.8, 4) is 0 Å². The molecule has 0 aromatic heterocycles. The average Bonchev–Trinajstić information content (AvgIpc) is 2.35. The zero-order chi connectivity index (χ0) is 13.6. The maximum Gasteiger partial charge on any atom is 0.0700 e. The molecule has 0 heterocycles. The van der Waals surface area contributed by atoms with Crippen LogP contribution in [0.4, 0.5) is 0 Å². The van der Waals surface area contributed by atoms with Crippen LogP contribution in [0.5, 0.6) is 0 Å². The van der Waals surface area contributed by atoms with Crippen molar-refractivity contribution < 1.29 is 9.47 Å². The van der Waals surface area contributed by atoms with Gasteiger partial charge in [0.1, 0.15) is 0 Å². The number of hydrogen-bond donors (Lipinski definition) is 1. The number of rotatable bonds is 13. The largest absolute Gasteiger partial charge is 0.382 e. The Balaban J connectivity index is 3.37. The molecule has 0 fully saturated rings. The van der Waals surface area contributed by atoms with E-state index in [1.54, 1.807) is 7.11 Å². The van der Waals surface area contributed by atoms with Crippen LogP contribution in [-0.2, 0) is 9.47 Å². The summed E-state index contributed by atoms with van der Waals surface area (Å²) in [7, 11) is 1.71. The van der Waals surface area contributed by atoms with Crippen molar-refractivity contribution in [2.45, 2.75) is 58.9 Å². The lowest BCUT2D eigenvalue weighted by Gasteiger charge is -2.22. The van der Waals surface area contributed by atoms with Gasteiger partial charge in [0.05, 0.1) is 13.2 Å². The van der Waals surface area contributed by atoms with Gasteiger partial charge < -0.3 is 14.8 Å². The fourth-order valence-electron chi connectivity index (χ4n) is 1.99. The zero-order valence-electron chi connectivity index (χ0n) is 12.8. The summed E-state index contributed by atoms with van der Waals surface area (Å²) in [5.41, 5.74) is 0. The van der Waals surface area contributed by atoms with E-state index in [1.807, 2.05) is 0 Å². The number of hydrogen-bond acceptors (Lipinski definition) is 3. The minimum absolute atomic E-state index is 0.680. The lowest BCUT2D eigenvalue weighted by Crippen LogP contribution is -2.34. The van der Waals surface area contributed by atoms with Crippen LogP contribution in [0.25, 0.3) is 0 Å². The number of methoxy groups -OCH3 is 1. The molecule has 0 aromatic rings. The van der Waals surface area contributed by atoms with Crippen LogP contribution in [0, 0.1) is 5.92 Å². The zero-order valence-corrected chi connectivity index (χ0v) is 12.8. The predicted molar refractivity (Wildman–Crippen MR) is 78.1 cm³/mol. The van der Waals surface area contributed by atoms with E-state index in [9.17, 15) is 0 Å². The van der Waals surface area contributed by atoms with Crippen LogP contribution in [0.1, 0.15) is 52.9 Å². The first kappa shape index (κ1) is 17.9. The Morgan fingerprint density at radius 3 is 2.39 bits per heavy atom. The molecule has 0 rings (SSSR count). The van der Waals surface area contributed by atoms with Gasteiger partial charge in [-0.15, -0.1) is 0 Å². The van der Waals surface area contributed by atoms with Crippen molar-refractivity contribution in [3.63, 3.8) is 0 Å². The van der Waals surface area contributed by atoms with Crippen molar-refractivity contribution in [2.24, 2.45) is 5.92 Å². The molecule has 0 spiro atoms. The molecule has 110 valence electrons. The lowest BCUT2D eigenvalue weighted by molar-refractivity contribution is 0.0684. The van der Waals surface area contributed by atoms with Crippen LogP contribution in [-0.4, -0.2) is 39.5 Å². The summed E-state index contributed by atoms with van der Waals surface area (Å²) in [5, 5.41) is 3.64. The second-order valence-corrected chi connectivity index (χ2v) is 5.26. The fourth-order valence-corrected chi connectivity index (χ4v) is 1.99. The number of nitrogens with one attached hydrogen (secondary N) is 1. The minimum Gasteiger partial charge on any atom is -0.382 e. The standard InChI is InChI=1S/C15H33NO2/c1-5-10-16-15(14(2)3)9-7-6-8-11-18-13-12-17-4/h14-16H,5-13H2,1-4H3. The van der Waals surface area contributed by atoms with Gasteiger partial charge in [0.25, 0.3) is 0 Å². The summed E-state index contributed by atoms with van der Waals surface area (Å²) in [6.45, 7) is 10.3. The highest BCUT2D eigenvalue weighted by Gasteiger charge is 2.11. The second kappa shape index (κ2) is 13.3. The van der Waals surface area contributed by atoms with Gasteiger partial charge in [-0.25, -0.2) is 0 Å². The Hall–Kier alpha value is -0.120. The Labute approximate surface area is 114 Å². The topological polar surface area (TPSA) is 30.5 Å². The van der Waals surface area contributed by atoms with Crippen LogP contribution in [0.15, 0.2) is 0 Å². The highest BCUT2D eigenvalue weighted by Crippen LogP contribution is 2.11. The van der Waals surface area contributed by atoms with Crippen LogP contribution in [0.2, 0.25) is 0 Å². The molecule has 0 radical (unpaired) electrons. The van der Waals surface area contributed by atoms with E-state index in [0.717, 1.165) is 25.7 Å². The SMILES string of the molecule is CCCNC(CCCCCOCCOC)C(C)C. The second-order valence-electron chi connectivity index (χ2n) is 5.26. The molecular formula is C15H33NO2. The molecule has 1 N–H and O–H groups in total. The molecule has 0 aliphatic heterocycles. The first-order valence-corrected chi connectivity index (χ1v) is 7.52. The summed E-state index contributed by atoms with van der Waals surface area (Å²) < 4.78 is 10.4. The molecule has 18 heavy (non-hydrogen) atoms. The van der Waals surface area contributed by atoms with Gasteiger partial charge in [-0.05, 0) is 31.7 Å². The van der Waals surface area contributed by atoms with Crippen LogP contribution in [0.3, 0.4) is 0 Å². The third-order valence-electron chi connectivity index (χ3n) is 3.20. The first-order chi connectivity index (χ1) is 8.72. The highest BCUT2D eigenvalue weighted by atomic mass is 16.5. The summed E-state index contributed by atoms with van der Waals surface area (Å²) in [6.07, 6.45) is 6.24. The predicted octanol–water partition coefficient (Wildman–Crippen LogP) is 3.23. The molecule has 0 aliphatic carbocycles. The average molecular weight is 259 g/mol. The maximum atomic E-state index is 5.45. The van der Waals surface area contributed by atoms with Crippen LogP contribution < -0.4 is 5.32 Å². The van der Waals surface area contributed by atoms with E-state index in [-0.39, 0.29) is 0 Å². The van der Waals surface area contributed by atoms with Gasteiger partial charge in [0, 0.05) is 19.8 Å².